The zero-order valence-electron chi connectivity index (χ0n) is 18.9. The number of halogens is 2. The van der Waals surface area contributed by atoms with Crippen LogP contribution in [0, 0.1) is 0 Å². The first kappa shape index (κ1) is 25.6. The predicted octanol–water partition coefficient (Wildman–Crippen LogP) is 10.00. The molecule has 1 aliphatic rings. The van der Waals surface area contributed by atoms with Crippen molar-refractivity contribution in [3.63, 3.8) is 0 Å². The molecule has 1 aliphatic carbocycles. The van der Waals surface area contributed by atoms with Gasteiger partial charge in [-0.3, -0.25) is 0 Å². The molecule has 2 aromatic rings. The Morgan fingerprint density at radius 2 is 1.06 bits per heavy atom. The number of fused-ring (bicyclic) bond motifs is 3. The largest absolute Gasteiger partial charge is 0.0940 e. The first-order chi connectivity index (χ1) is 16.1. The Balaban J connectivity index is 1.81. The summed E-state index contributed by atoms with van der Waals surface area (Å²) in [7, 11) is 0. The summed E-state index contributed by atoms with van der Waals surface area (Å²) in [6, 6.07) is 13.5. The van der Waals surface area contributed by atoms with Gasteiger partial charge in [0, 0.05) is 37.3 Å². The summed E-state index contributed by atoms with van der Waals surface area (Å²) < 4.78 is 2.25. The lowest BCUT2D eigenvalue weighted by atomic mass is 9.70. The van der Waals surface area contributed by atoms with Gasteiger partial charge in [0.1, 0.15) is 0 Å². The molecule has 0 N–H and O–H groups in total. The molecule has 33 heavy (non-hydrogen) atoms. The number of azide groups is 2. The van der Waals surface area contributed by atoms with Crippen LogP contribution in [0.25, 0.3) is 32.0 Å². The Morgan fingerprint density at radius 3 is 1.48 bits per heavy atom. The highest BCUT2D eigenvalue weighted by Crippen LogP contribution is 2.55. The van der Waals surface area contributed by atoms with E-state index < -0.39 is 0 Å². The van der Waals surface area contributed by atoms with Crippen LogP contribution < -0.4 is 0 Å². The van der Waals surface area contributed by atoms with Crippen LogP contribution in [-0.2, 0) is 5.41 Å². The van der Waals surface area contributed by atoms with Gasteiger partial charge in [-0.15, -0.1) is 0 Å². The molecular weight excluding hydrogens is 544 g/mol. The Hall–Kier alpha value is -1.98. The fourth-order valence-electron chi connectivity index (χ4n) is 5.12. The second-order valence-corrected chi connectivity index (χ2v) is 10.5. The zero-order chi connectivity index (χ0) is 23.5. The van der Waals surface area contributed by atoms with Crippen molar-refractivity contribution in [3.05, 3.63) is 77.4 Å². The van der Waals surface area contributed by atoms with Crippen molar-refractivity contribution in [1.29, 1.82) is 0 Å². The highest BCUT2D eigenvalue weighted by molar-refractivity contribution is 9.10. The van der Waals surface area contributed by atoms with Crippen LogP contribution >= 0.6 is 31.9 Å². The number of nitrogens with zero attached hydrogens (tertiary/aromatic N) is 6. The van der Waals surface area contributed by atoms with Gasteiger partial charge in [-0.1, -0.05) is 92.7 Å². The van der Waals surface area contributed by atoms with Gasteiger partial charge in [0.05, 0.1) is 0 Å². The molecule has 0 amide bonds. The van der Waals surface area contributed by atoms with E-state index in [0.717, 1.165) is 73.2 Å². The molecule has 8 heteroatoms. The second kappa shape index (κ2) is 13.0. The minimum absolute atomic E-state index is 0.00778. The standard InChI is InChI=1S/C25H30Br2N6/c26-19-9-11-21-22-12-10-20(27)18-24(22)25(23(21)17-19,13-5-1-3-7-15-30-32-28)14-6-2-4-8-16-31-33-29/h9-12,17-18H,1-8,13-16H2. The molecule has 0 aromatic heterocycles. The summed E-state index contributed by atoms with van der Waals surface area (Å²) in [4.78, 5) is 5.70. The Kier molecular flexibility index (Phi) is 10.1. The van der Waals surface area contributed by atoms with E-state index in [1.165, 1.54) is 22.3 Å². The fraction of sp³-hybridized carbons (Fsp3) is 0.520. The van der Waals surface area contributed by atoms with Crippen LogP contribution in [0.3, 0.4) is 0 Å². The average molecular weight is 574 g/mol. The van der Waals surface area contributed by atoms with Crippen molar-refractivity contribution in [2.75, 3.05) is 13.1 Å². The van der Waals surface area contributed by atoms with Crippen LogP contribution in [0.4, 0.5) is 0 Å². The number of unbranched alkanes of at least 4 members (excludes halogenated alkanes) is 6. The van der Waals surface area contributed by atoms with Gasteiger partial charge in [0.15, 0.2) is 0 Å². The van der Waals surface area contributed by atoms with Crippen molar-refractivity contribution in [1.82, 2.24) is 0 Å². The van der Waals surface area contributed by atoms with Crippen molar-refractivity contribution in [2.45, 2.75) is 69.6 Å². The molecular formula is C25H30Br2N6. The van der Waals surface area contributed by atoms with E-state index >= 15 is 0 Å². The predicted molar refractivity (Wildman–Crippen MR) is 142 cm³/mol. The summed E-state index contributed by atoms with van der Waals surface area (Å²) in [5, 5.41) is 7.32. The number of rotatable bonds is 14. The van der Waals surface area contributed by atoms with Crippen LogP contribution in [0.1, 0.15) is 75.3 Å². The average Bonchev–Trinajstić information content (AvgIpc) is 3.06. The highest BCUT2D eigenvalue weighted by atomic mass is 79.9. The topological polar surface area (TPSA) is 97.5 Å². The third-order valence-corrected chi connectivity index (χ3v) is 7.62. The lowest BCUT2D eigenvalue weighted by molar-refractivity contribution is 0.399. The molecule has 0 heterocycles. The summed E-state index contributed by atoms with van der Waals surface area (Å²) in [6.07, 6.45) is 10.9. The van der Waals surface area contributed by atoms with E-state index in [1.807, 2.05) is 0 Å². The maximum atomic E-state index is 8.47. The Morgan fingerprint density at radius 1 is 0.636 bits per heavy atom. The molecule has 0 aliphatic heterocycles. The van der Waals surface area contributed by atoms with E-state index in [4.69, 9.17) is 11.1 Å². The molecule has 6 nitrogen and oxygen atoms in total. The molecule has 3 rings (SSSR count). The fourth-order valence-corrected chi connectivity index (χ4v) is 5.84. The maximum absolute atomic E-state index is 8.47. The summed E-state index contributed by atoms with van der Waals surface area (Å²) >= 11 is 7.44. The monoisotopic (exact) mass is 572 g/mol. The SMILES string of the molecule is [N-]=[N+]=NCCCCCCC1(CCCCCCN=[N+]=[N-])c2cc(Br)ccc2-c2ccc(Br)cc21. The van der Waals surface area contributed by atoms with Gasteiger partial charge < -0.3 is 0 Å². The van der Waals surface area contributed by atoms with Crippen molar-refractivity contribution in [2.24, 2.45) is 10.2 Å². The minimum atomic E-state index is 0.00778. The summed E-state index contributed by atoms with van der Waals surface area (Å²) in [5.74, 6) is 0. The number of hydrogen-bond donors (Lipinski definition) is 0. The van der Waals surface area contributed by atoms with Crippen LogP contribution in [-0.4, -0.2) is 13.1 Å². The lowest BCUT2D eigenvalue weighted by Gasteiger charge is -2.33. The number of hydrogen-bond acceptors (Lipinski definition) is 2. The van der Waals surface area contributed by atoms with Crippen molar-refractivity contribution in [3.8, 4) is 11.1 Å². The lowest BCUT2D eigenvalue weighted by Crippen LogP contribution is -2.25. The molecule has 0 radical (unpaired) electrons. The Bertz CT molecular complexity index is 958. The van der Waals surface area contributed by atoms with E-state index in [2.05, 4.69) is 88.3 Å². The van der Waals surface area contributed by atoms with Crippen LogP contribution in [0.2, 0.25) is 0 Å². The number of benzene rings is 2. The van der Waals surface area contributed by atoms with Gasteiger partial charge in [0.2, 0.25) is 0 Å². The second-order valence-electron chi connectivity index (χ2n) is 8.70. The van der Waals surface area contributed by atoms with Crippen molar-refractivity contribution < 1.29 is 0 Å². The van der Waals surface area contributed by atoms with Gasteiger partial charge in [-0.25, -0.2) is 0 Å². The molecule has 0 saturated carbocycles. The molecule has 0 fully saturated rings. The molecule has 0 spiro atoms. The first-order valence-electron chi connectivity index (χ1n) is 11.7. The van der Waals surface area contributed by atoms with E-state index in [-0.39, 0.29) is 5.41 Å². The van der Waals surface area contributed by atoms with Gasteiger partial charge in [-0.2, -0.15) is 0 Å². The van der Waals surface area contributed by atoms with E-state index in [0.29, 0.717) is 13.1 Å². The van der Waals surface area contributed by atoms with Crippen LogP contribution in [0.15, 0.2) is 55.6 Å². The molecule has 174 valence electrons. The molecule has 0 bridgehead atoms. The van der Waals surface area contributed by atoms with Gasteiger partial charge in [0.25, 0.3) is 0 Å². The van der Waals surface area contributed by atoms with E-state index in [9.17, 15) is 0 Å². The third-order valence-electron chi connectivity index (χ3n) is 6.63. The Labute approximate surface area is 212 Å². The minimum Gasteiger partial charge on any atom is -0.0940 e. The van der Waals surface area contributed by atoms with Crippen molar-refractivity contribution >= 4 is 31.9 Å². The van der Waals surface area contributed by atoms with Gasteiger partial charge in [-0.05, 0) is 83.3 Å². The molecule has 0 saturated heterocycles. The first-order valence-corrected chi connectivity index (χ1v) is 13.3. The third kappa shape index (κ3) is 6.54. The summed E-state index contributed by atoms with van der Waals surface area (Å²) in [5.41, 5.74) is 22.5. The van der Waals surface area contributed by atoms with Gasteiger partial charge >= 0.3 is 0 Å². The molecule has 0 unspecified atom stereocenters. The molecule has 2 aromatic carbocycles. The maximum Gasteiger partial charge on any atom is 0.0257 e. The highest BCUT2D eigenvalue weighted by Gasteiger charge is 2.42. The summed E-state index contributed by atoms with van der Waals surface area (Å²) in [6.45, 7) is 1.17. The normalized spacial score (nSPS) is 13.0. The van der Waals surface area contributed by atoms with E-state index in [1.54, 1.807) is 0 Å². The zero-order valence-corrected chi connectivity index (χ0v) is 22.1. The molecule has 0 atom stereocenters. The van der Waals surface area contributed by atoms with Crippen LogP contribution in [0.5, 0.6) is 0 Å². The quantitative estimate of drug-likeness (QED) is 0.0929. The smallest absolute Gasteiger partial charge is 0.0257 e.